The first kappa shape index (κ1) is 107. The number of anilines is 1. The van der Waals surface area contributed by atoms with Gasteiger partial charge in [-0.05, 0) is 82.4 Å². The van der Waals surface area contributed by atoms with Crippen LogP contribution in [0.5, 0.6) is 0 Å². The Labute approximate surface area is 708 Å². The first-order chi connectivity index (χ1) is 57.9. The number of guanidine groups is 2. The zero-order chi connectivity index (χ0) is 92.0. The molecule has 5 aliphatic heterocycles. The van der Waals surface area contributed by atoms with Gasteiger partial charge in [-0.25, -0.2) is 38.8 Å². The molecule has 3 saturated heterocycles. The molecule has 0 saturated carbocycles. The van der Waals surface area contributed by atoms with Crippen LogP contribution in [-0.2, 0) is 71.7 Å². The highest BCUT2D eigenvalue weighted by molar-refractivity contribution is 8.00. The van der Waals surface area contributed by atoms with Crippen LogP contribution in [0.2, 0.25) is 0 Å². The van der Waals surface area contributed by atoms with Gasteiger partial charge in [0.05, 0.1) is 91.0 Å². The zero-order valence-corrected chi connectivity index (χ0v) is 69.0. The van der Waals surface area contributed by atoms with Gasteiger partial charge in [0.15, 0.2) is 11.9 Å². The fourth-order valence-corrected chi connectivity index (χ4v) is 15.4. The molecule has 7 amide bonds. The second-order valence-electron chi connectivity index (χ2n) is 28.0. The van der Waals surface area contributed by atoms with Crippen LogP contribution in [0.3, 0.4) is 0 Å². The van der Waals surface area contributed by atoms with Crippen LogP contribution in [0.15, 0.2) is 28.2 Å². The van der Waals surface area contributed by atoms with E-state index in [0.717, 1.165) is 37.2 Å². The number of alkyl halides is 9. The summed E-state index contributed by atoms with van der Waals surface area (Å²) in [5.41, 5.74) is 11.9. The van der Waals surface area contributed by atoms with E-state index in [4.69, 9.17) is 60.1 Å². The number of benzene rings is 1. The Hall–Kier alpha value is -10.0. The number of aliphatic carboxylic acids is 6. The zero-order valence-electron chi connectivity index (χ0n) is 67.4. The summed E-state index contributed by atoms with van der Waals surface area (Å²) in [6.07, 6.45) is -7.96. The van der Waals surface area contributed by atoms with Crippen molar-refractivity contribution in [1.82, 2.24) is 62.1 Å². The van der Waals surface area contributed by atoms with Gasteiger partial charge in [0.25, 0.3) is 11.8 Å². The molecule has 0 aliphatic carbocycles. The third-order valence-electron chi connectivity index (χ3n) is 18.4. The molecular formula is C71H108F9N17O24S2. The molecule has 1 aromatic carbocycles. The van der Waals surface area contributed by atoms with Crippen molar-refractivity contribution >= 4 is 124 Å². The lowest BCUT2D eigenvalue weighted by atomic mass is 10.0. The average Bonchev–Trinajstić information content (AvgIpc) is 1.68. The van der Waals surface area contributed by atoms with Crippen molar-refractivity contribution in [2.45, 2.75) is 155 Å². The molecule has 5 aliphatic rings. The van der Waals surface area contributed by atoms with Gasteiger partial charge in [0, 0.05) is 130 Å². The van der Waals surface area contributed by atoms with Crippen LogP contribution in [0.1, 0.15) is 111 Å². The minimum Gasteiger partial charge on any atom is -0.480 e. The largest absolute Gasteiger partial charge is 0.490 e. The normalized spacial score (nSPS) is 19.1. The smallest absolute Gasteiger partial charge is 0.480 e. The average molecular weight is 1820 g/mol. The number of carboxylic acid groups (broad SMARTS) is 6. The Morgan fingerprint density at radius 2 is 0.805 bits per heavy atom. The summed E-state index contributed by atoms with van der Waals surface area (Å²) in [5.74, 6) is -11.8. The van der Waals surface area contributed by atoms with Crippen molar-refractivity contribution in [1.29, 1.82) is 0 Å². The van der Waals surface area contributed by atoms with Crippen molar-refractivity contribution in [2.75, 3.05) is 162 Å². The number of aliphatic imine (C=N–C) groups is 2. The molecule has 3 fully saturated rings. The van der Waals surface area contributed by atoms with Crippen molar-refractivity contribution in [3.05, 3.63) is 29.3 Å². The van der Waals surface area contributed by atoms with Crippen LogP contribution in [-0.4, -0.2) is 368 Å². The number of thioether (sulfide) groups is 2. The number of fused-ring (bicyclic) bond motifs is 2. The topological polar surface area (TPSA) is 595 Å². The molecule has 0 bridgehead atoms. The van der Waals surface area contributed by atoms with E-state index in [9.17, 15) is 108 Å². The highest BCUT2D eigenvalue weighted by Gasteiger charge is 2.43. The van der Waals surface area contributed by atoms with Crippen molar-refractivity contribution < 1.29 is 156 Å². The molecule has 0 unspecified atom stereocenters. The number of carbonyl (C=O) groups is 14. The number of rotatable bonds is 44. The molecule has 0 spiro atoms. The number of unbranched alkanes of at least 4 members (excludes halogenated alkanes) is 4. The molecule has 5 heterocycles. The van der Waals surface area contributed by atoms with E-state index in [2.05, 4.69) is 57.8 Å². The minimum atomic E-state index is -5.08. The quantitative estimate of drug-likeness (QED) is 0.0234. The summed E-state index contributed by atoms with van der Waals surface area (Å²) in [6, 6.07) is 2.49. The number of methoxy groups -OCH3 is 2. The third kappa shape index (κ3) is 45.3. The number of carboxylic acids is 6. The maximum Gasteiger partial charge on any atom is 0.490 e. The number of nitrogens with zero attached hydrogens (tertiary/aromatic N) is 6. The van der Waals surface area contributed by atoms with Crippen molar-refractivity contribution in [2.24, 2.45) is 21.5 Å². The van der Waals surface area contributed by atoms with Gasteiger partial charge in [-0.15, -0.1) is 0 Å². The van der Waals surface area contributed by atoms with Crippen LogP contribution >= 0.6 is 23.5 Å². The number of urea groups is 1. The van der Waals surface area contributed by atoms with Crippen LogP contribution in [0, 0.1) is 0 Å². The fourth-order valence-electron chi connectivity index (χ4n) is 12.4. The fraction of sp³-hybridized carbons (Fsp3) is 0.690. The molecule has 41 nitrogen and oxygen atoms in total. The van der Waals surface area contributed by atoms with Gasteiger partial charge in [-0.2, -0.15) is 63.0 Å². The van der Waals surface area contributed by atoms with Crippen LogP contribution in [0.4, 0.5) is 50.0 Å². The molecule has 696 valence electrons. The molecule has 0 radical (unpaired) electrons. The Balaban J connectivity index is 0.00000164. The van der Waals surface area contributed by atoms with Crippen LogP contribution < -0.4 is 59.3 Å². The second kappa shape index (κ2) is 56.0. The van der Waals surface area contributed by atoms with Crippen molar-refractivity contribution in [3.8, 4) is 0 Å². The third-order valence-corrected chi connectivity index (χ3v) is 21.4. The number of hydrogen-bond donors (Lipinski definition) is 17. The molecule has 0 aromatic heterocycles. The maximum atomic E-state index is 13.7. The van der Waals surface area contributed by atoms with Gasteiger partial charge in [0.2, 0.25) is 17.7 Å². The Morgan fingerprint density at radius 3 is 1.14 bits per heavy atom. The van der Waals surface area contributed by atoms with Gasteiger partial charge >= 0.3 is 72.3 Å². The van der Waals surface area contributed by atoms with Gasteiger partial charge in [-0.3, -0.25) is 58.0 Å². The molecule has 52 heteroatoms. The predicted molar refractivity (Wildman–Crippen MR) is 422 cm³/mol. The summed E-state index contributed by atoms with van der Waals surface area (Å²) in [7, 11) is 2.49. The Bertz CT molecular complexity index is 3480. The van der Waals surface area contributed by atoms with Gasteiger partial charge in [0.1, 0.15) is 12.1 Å². The van der Waals surface area contributed by atoms with Gasteiger partial charge in [-0.1, -0.05) is 12.8 Å². The number of amides is 7. The maximum absolute atomic E-state index is 13.7. The van der Waals surface area contributed by atoms with E-state index in [1.807, 2.05) is 23.5 Å². The van der Waals surface area contributed by atoms with E-state index in [1.165, 1.54) is 32.4 Å². The summed E-state index contributed by atoms with van der Waals surface area (Å²) in [4.78, 5) is 183. The molecular weight excluding hydrogens is 1710 g/mol. The second-order valence-corrected chi connectivity index (χ2v) is 30.5. The lowest BCUT2D eigenvalue weighted by Crippen LogP contribution is -2.50. The van der Waals surface area contributed by atoms with Crippen LogP contribution in [0.25, 0.3) is 0 Å². The number of carbonyl (C=O) groups excluding carboxylic acids is 8. The number of esters is 2. The minimum absolute atomic E-state index is 0.0491. The van der Waals surface area contributed by atoms with E-state index < -0.39 is 96.2 Å². The highest BCUT2D eigenvalue weighted by atomic mass is 32.2. The Kier molecular flexibility index (Phi) is 48.7. The number of halogens is 9. The standard InChI is InChI=1S/C65H105N17O18S2.3C2HF3O2/c1-97-61(94)45(73-51(83)15-5-3-13-49-57-47(40-101-49)75-63(66)77-57)11-7-9-17-69-59(92)42-33-43(60(93)70-18-10-8-12-46(62(95)98-2)74-52(84)16-6-4-14-50-58-48(41-102-50)76-64(67)78-58)35-44(34-42)72-65(96)71-20-30-100-32-31-99-29-19-68-53(85)36-79-21-23-80(37-54(86)87)25-27-82(39-56(90)91)28-26-81(24-22-79)38-55(88)89;3*3-2(4,5)1(6)7/h33-35,45-50,57-58H,3-32,36-41H2,1-2H3,(H,68,85)(H,69,92)(H,70,93)(H,73,83)(H,74,84)(H,86,87)(H,88,89)(H,90,91)(H3,66,75,77)(H3,67,76,78)(H2,71,72,96);3*(H,6,7)/t45-,46-,47-,48-,49-,50-,57-,58-;;;/m0.../s1. The number of nitrogens with one attached hydrogen (secondary N) is 9. The first-order valence-electron chi connectivity index (χ1n) is 38.7. The predicted octanol–water partition coefficient (Wildman–Crippen LogP) is 0.110. The SMILES string of the molecule is COC(=O)[C@H](CCCCNC(=O)c1cc(NC(=O)NCCOCCOCCNC(=O)CN2CCN(CC(=O)O)CCN(CC(=O)O)CCN(CC(=O)O)CC2)cc(C(=O)NCCCC[C@H](NC(=O)CCCC[C@@H]2SC[C@@H]3NC(N)=N[C@@H]32)C(=O)OC)c1)NC(=O)CCCC[C@@H]1SC[C@@H]2NC(N)=N[C@@H]21.O=C(O)C(F)(F)F.O=C(O)C(F)(F)F.O=C(O)C(F)(F)F. The Morgan fingerprint density at radius 1 is 0.463 bits per heavy atom. The van der Waals surface area contributed by atoms with E-state index in [0.29, 0.717) is 60.9 Å². The molecule has 19 N–H and O–H groups in total. The molecule has 1 aromatic rings. The highest BCUT2D eigenvalue weighted by Crippen LogP contribution is 2.36. The van der Waals surface area contributed by atoms with E-state index in [1.54, 1.807) is 19.6 Å². The number of nitrogens with two attached hydrogens (primary N) is 2. The summed E-state index contributed by atoms with van der Waals surface area (Å²) in [5, 5.41) is 76.3. The molecule has 8 atom stereocenters. The van der Waals surface area contributed by atoms with Crippen molar-refractivity contribution in [3.63, 3.8) is 0 Å². The summed E-state index contributed by atoms with van der Waals surface area (Å²) >= 11 is 3.70. The summed E-state index contributed by atoms with van der Waals surface area (Å²) in [6.45, 7) is 2.18. The van der Waals surface area contributed by atoms with Gasteiger partial charge < -0.3 is 109 Å². The lowest BCUT2D eigenvalue weighted by molar-refractivity contribution is -0.193. The summed E-state index contributed by atoms with van der Waals surface area (Å²) < 4.78 is 116. The molecule has 123 heavy (non-hydrogen) atoms. The molecule has 6 rings (SSSR count). The van der Waals surface area contributed by atoms with E-state index in [-0.39, 0.29) is 216 Å². The number of hydrogen-bond acceptors (Lipinski definition) is 30. The number of ether oxygens (including phenoxy) is 4. The lowest BCUT2D eigenvalue weighted by Gasteiger charge is -2.32. The van der Waals surface area contributed by atoms with E-state index >= 15 is 0 Å². The monoisotopic (exact) mass is 1820 g/mol. The first-order valence-corrected chi connectivity index (χ1v) is 40.8.